The normalized spacial score (nSPS) is 18.1. The van der Waals surface area contributed by atoms with Crippen molar-refractivity contribution in [1.29, 1.82) is 0 Å². The van der Waals surface area contributed by atoms with Gasteiger partial charge in [0.2, 0.25) is 5.91 Å². The van der Waals surface area contributed by atoms with Crippen LogP contribution in [0, 0.1) is 5.92 Å². The van der Waals surface area contributed by atoms with Crippen molar-refractivity contribution in [3.8, 4) is 0 Å². The number of thiazole rings is 1. The molecule has 2 heterocycles. The second kappa shape index (κ2) is 6.64. The third-order valence-corrected chi connectivity index (χ3v) is 5.23. The predicted molar refractivity (Wildman–Crippen MR) is 83.8 cm³/mol. The summed E-state index contributed by atoms with van der Waals surface area (Å²) in [6.45, 7) is 3.44. The number of ether oxygens (including phenoxy) is 1. The molecule has 0 radical (unpaired) electrons. The van der Waals surface area contributed by atoms with Gasteiger partial charge >= 0.3 is 6.09 Å². The summed E-state index contributed by atoms with van der Waals surface area (Å²) in [6, 6.07) is 0. The molecule has 0 bridgehead atoms. The molecule has 1 fully saturated rings. The lowest BCUT2D eigenvalue weighted by molar-refractivity contribution is -0.136. The van der Waals surface area contributed by atoms with E-state index in [0.29, 0.717) is 18.3 Å². The van der Waals surface area contributed by atoms with Gasteiger partial charge in [0, 0.05) is 23.8 Å². The van der Waals surface area contributed by atoms with E-state index in [9.17, 15) is 9.59 Å². The third-order valence-electron chi connectivity index (χ3n) is 4.23. The average Bonchev–Trinajstić information content (AvgIpc) is 3.14. The van der Waals surface area contributed by atoms with E-state index in [2.05, 4.69) is 10.3 Å². The minimum Gasteiger partial charge on any atom is -0.450 e. The van der Waals surface area contributed by atoms with Crippen molar-refractivity contribution >= 4 is 28.5 Å². The summed E-state index contributed by atoms with van der Waals surface area (Å²) in [5.74, 6) is 0.503. The fourth-order valence-electron chi connectivity index (χ4n) is 3.12. The second-order valence-corrected chi connectivity index (χ2v) is 6.81. The summed E-state index contributed by atoms with van der Waals surface area (Å²) in [6.07, 6.45) is 4.68. The molecule has 6 nitrogen and oxygen atoms in total. The molecule has 3 rings (SSSR count). The topological polar surface area (TPSA) is 71.5 Å². The molecule has 1 aromatic heterocycles. The van der Waals surface area contributed by atoms with Gasteiger partial charge in [-0.3, -0.25) is 10.1 Å². The summed E-state index contributed by atoms with van der Waals surface area (Å²) >= 11 is 1.44. The number of anilines is 1. The number of aromatic nitrogens is 1. The van der Waals surface area contributed by atoms with Crippen molar-refractivity contribution in [3.05, 3.63) is 10.6 Å². The van der Waals surface area contributed by atoms with Crippen LogP contribution in [0.5, 0.6) is 0 Å². The average molecular weight is 323 g/mol. The fourth-order valence-corrected chi connectivity index (χ4v) is 4.13. The van der Waals surface area contributed by atoms with Gasteiger partial charge in [0.05, 0.1) is 18.8 Å². The Balaban J connectivity index is 1.64. The standard InChI is InChI=1S/C15H21N3O3S/c1-2-21-15(20)17-14-16-11-7-8-18(9-12(11)22-14)13(19)10-5-3-4-6-10/h10H,2-9H2,1H3,(H,16,17,20). The van der Waals surface area contributed by atoms with Gasteiger partial charge in [0.15, 0.2) is 5.13 Å². The highest BCUT2D eigenvalue weighted by Gasteiger charge is 2.30. The molecule has 0 aromatic carbocycles. The molecular formula is C15H21N3O3S. The van der Waals surface area contributed by atoms with Gasteiger partial charge in [-0.15, -0.1) is 0 Å². The van der Waals surface area contributed by atoms with Crippen LogP contribution in [0.2, 0.25) is 0 Å². The van der Waals surface area contributed by atoms with Crippen molar-refractivity contribution in [2.24, 2.45) is 5.92 Å². The van der Waals surface area contributed by atoms with Crippen LogP contribution in [0.3, 0.4) is 0 Å². The van der Waals surface area contributed by atoms with Crippen molar-refractivity contribution in [1.82, 2.24) is 9.88 Å². The van der Waals surface area contributed by atoms with Gasteiger partial charge < -0.3 is 9.64 Å². The number of fused-ring (bicyclic) bond motifs is 1. The molecule has 2 aliphatic rings. The van der Waals surface area contributed by atoms with E-state index < -0.39 is 6.09 Å². The molecule has 22 heavy (non-hydrogen) atoms. The Morgan fingerprint density at radius 2 is 2.18 bits per heavy atom. The lowest BCUT2D eigenvalue weighted by Crippen LogP contribution is -2.38. The number of carbonyl (C=O) groups excluding carboxylic acids is 2. The minimum absolute atomic E-state index is 0.214. The summed E-state index contributed by atoms with van der Waals surface area (Å²) < 4.78 is 4.86. The van der Waals surface area contributed by atoms with Crippen LogP contribution in [0.1, 0.15) is 43.2 Å². The lowest BCUT2D eigenvalue weighted by atomic mass is 10.0. The first-order valence-electron chi connectivity index (χ1n) is 7.88. The molecule has 0 atom stereocenters. The molecule has 1 N–H and O–H groups in total. The fraction of sp³-hybridized carbons (Fsp3) is 0.667. The molecule has 1 aliphatic carbocycles. The van der Waals surface area contributed by atoms with E-state index in [0.717, 1.165) is 36.4 Å². The summed E-state index contributed by atoms with van der Waals surface area (Å²) in [5.41, 5.74) is 0.993. The highest BCUT2D eigenvalue weighted by atomic mass is 32.1. The van der Waals surface area contributed by atoms with Crippen LogP contribution in [-0.4, -0.2) is 35.0 Å². The van der Waals surface area contributed by atoms with Crippen molar-refractivity contribution in [2.45, 2.75) is 45.6 Å². The van der Waals surface area contributed by atoms with Crippen LogP contribution >= 0.6 is 11.3 Å². The number of nitrogens with one attached hydrogen (secondary N) is 1. The van der Waals surface area contributed by atoms with Crippen molar-refractivity contribution in [3.63, 3.8) is 0 Å². The lowest BCUT2D eigenvalue weighted by Gasteiger charge is -2.28. The smallest absolute Gasteiger partial charge is 0.413 e. The Morgan fingerprint density at radius 1 is 1.41 bits per heavy atom. The highest BCUT2D eigenvalue weighted by molar-refractivity contribution is 7.15. The van der Waals surface area contributed by atoms with Crippen LogP contribution in [0.25, 0.3) is 0 Å². The van der Waals surface area contributed by atoms with Crippen LogP contribution in [-0.2, 0) is 22.5 Å². The summed E-state index contributed by atoms with van der Waals surface area (Å²) in [4.78, 5) is 31.4. The van der Waals surface area contributed by atoms with E-state index in [1.807, 2.05) is 4.90 Å². The van der Waals surface area contributed by atoms with Gasteiger partial charge in [-0.1, -0.05) is 24.2 Å². The first kappa shape index (κ1) is 15.3. The molecule has 2 amide bonds. The predicted octanol–water partition coefficient (Wildman–Crippen LogP) is 2.79. The van der Waals surface area contributed by atoms with Crippen LogP contribution in [0.15, 0.2) is 0 Å². The Bertz CT molecular complexity index is 566. The van der Waals surface area contributed by atoms with Gasteiger partial charge in [0.1, 0.15) is 0 Å². The molecule has 0 unspecified atom stereocenters. The van der Waals surface area contributed by atoms with Gasteiger partial charge in [-0.25, -0.2) is 9.78 Å². The second-order valence-electron chi connectivity index (χ2n) is 5.73. The van der Waals surface area contributed by atoms with E-state index in [-0.39, 0.29) is 11.8 Å². The van der Waals surface area contributed by atoms with Crippen molar-refractivity contribution in [2.75, 3.05) is 18.5 Å². The quantitative estimate of drug-likeness (QED) is 0.928. The number of hydrogen-bond acceptors (Lipinski definition) is 5. The van der Waals surface area contributed by atoms with E-state index in [1.165, 1.54) is 24.2 Å². The van der Waals surface area contributed by atoms with E-state index >= 15 is 0 Å². The minimum atomic E-state index is -0.479. The Hall–Kier alpha value is -1.63. The molecular weight excluding hydrogens is 302 g/mol. The SMILES string of the molecule is CCOC(=O)Nc1nc2c(s1)CN(C(=O)C1CCCC1)CC2. The van der Waals surface area contributed by atoms with E-state index in [1.54, 1.807) is 6.92 Å². The summed E-state index contributed by atoms with van der Waals surface area (Å²) in [7, 11) is 0. The molecule has 1 aliphatic heterocycles. The number of hydrogen-bond donors (Lipinski definition) is 1. The zero-order valence-corrected chi connectivity index (χ0v) is 13.6. The largest absolute Gasteiger partial charge is 0.450 e. The van der Waals surface area contributed by atoms with E-state index in [4.69, 9.17) is 4.74 Å². The maximum atomic E-state index is 12.5. The van der Waals surface area contributed by atoms with Crippen LogP contribution < -0.4 is 5.32 Å². The molecule has 7 heteroatoms. The Labute approximate surface area is 133 Å². The maximum absolute atomic E-state index is 12.5. The molecule has 0 saturated heterocycles. The zero-order valence-electron chi connectivity index (χ0n) is 12.8. The first-order chi connectivity index (χ1) is 10.7. The molecule has 1 saturated carbocycles. The Morgan fingerprint density at radius 3 is 2.91 bits per heavy atom. The molecule has 0 spiro atoms. The first-order valence-corrected chi connectivity index (χ1v) is 8.70. The van der Waals surface area contributed by atoms with Crippen molar-refractivity contribution < 1.29 is 14.3 Å². The number of nitrogens with zero attached hydrogens (tertiary/aromatic N) is 2. The van der Waals surface area contributed by atoms with Gasteiger partial charge in [0.25, 0.3) is 0 Å². The summed E-state index contributed by atoms with van der Waals surface area (Å²) in [5, 5.41) is 3.20. The number of carbonyl (C=O) groups is 2. The number of rotatable bonds is 3. The van der Waals surface area contributed by atoms with Gasteiger partial charge in [-0.05, 0) is 19.8 Å². The maximum Gasteiger partial charge on any atom is 0.413 e. The van der Waals surface area contributed by atoms with Gasteiger partial charge in [-0.2, -0.15) is 0 Å². The third kappa shape index (κ3) is 3.24. The molecule has 120 valence electrons. The Kier molecular flexibility index (Phi) is 4.61. The molecule has 1 aromatic rings. The highest BCUT2D eigenvalue weighted by Crippen LogP contribution is 2.32. The van der Waals surface area contributed by atoms with Crippen LogP contribution in [0.4, 0.5) is 9.93 Å². The number of amides is 2. The zero-order chi connectivity index (χ0) is 15.5. The monoisotopic (exact) mass is 323 g/mol.